The van der Waals surface area contributed by atoms with E-state index in [0.29, 0.717) is 11.3 Å². The van der Waals surface area contributed by atoms with Gasteiger partial charge in [-0.05, 0) is 91.6 Å². The topological polar surface area (TPSA) is 68.4 Å². The molecule has 4 aromatic rings. The Bertz CT molecular complexity index is 1700. The molecule has 45 heavy (non-hydrogen) atoms. The van der Waals surface area contributed by atoms with Gasteiger partial charge in [0.2, 0.25) is 11.8 Å². The first kappa shape index (κ1) is 32.1. The summed E-state index contributed by atoms with van der Waals surface area (Å²) in [7, 11) is 3.85. The van der Waals surface area contributed by atoms with Gasteiger partial charge in [-0.2, -0.15) is 13.2 Å². The van der Waals surface area contributed by atoms with Crippen LogP contribution >= 0.6 is 0 Å². The highest BCUT2D eigenvalue weighted by Gasteiger charge is 2.60. The highest BCUT2D eigenvalue weighted by molar-refractivity contribution is 6.00. The molecule has 0 unspecified atom stereocenters. The molecule has 2 N–H and O–H groups in total. The van der Waals surface area contributed by atoms with Crippen LogP contribution in [0.4, 0.5) is 24.5 Å². The Kier molecular flexibility index (Phi) is 8.27. The number of para-hydroxylation sites is 1. The summed E-state index contributed by atoms with van der Waals surface area (Å²) in [6.45, 7) is 9.72. The Hall–Kier alpha value is -4.27. The third-order valence-corrected chi connectivity index (χ3v) is 9.49. The highest BCUT2D eigenvalue weighted by atomic mass is 19.4. The molecule has 1 heterocycles. The summed E-state index contributed by atoms with van der Waals surface area (Å²) in [5.41, 5.74) is 3.16. The van der Waals surface area contributed by atoms with E-state index in [9.17, 15) is 22.8 Å². The number of amides is 2. The number of hydrogen-bond acceptors (Lipinski definition) is 3. The number of anilines is 2. The SMILES string of the molecule is Cc1[nH]c2ccccc2c1[C@H]1[C@H](CC(=O)N(Cc2ccc(C(F)(F)F)cc2)C(C)(C)C(=O)Nc2ccc(N(C)C)cc2)C1(C)C. The van der Waals surface area contributed by atoms with E-state index in [1.54, 1.807) is 26.0 Å². The molecule has 9 heteroatoms. The number of nitrogens with zero attached hydrogens (tertiary/aromatic N) is 2. The van der Waals surface area contributed by atoms with Crippen molar-refractivity contribution in [2.24, 2.45) is 11.3 Å². The Labute approximate surface area is 262 Å². The zero-order valence-corrected chi connectivity index (χ0v) is 26.8. The standard InChI is InChI=1S/C36H41F3N4O2/c1-22-31(27-10-8-9-11-29(27)40-22)32-28(34(32,2)3)20-30(44)43(21-23-12-14-24(15-13-23)36(37,38)39)35(4,5)33(45)41-25-16-18-26(19-17-25)42(6)7/h8-19,28,32,40H,20-21H2,1-7H3,(H,41,45)/t28-,32+/m0/s1. The smallest absolute Gasteiger partial charge is 0.378 e. The van der Waals surface area contributed by atoms with E-state index >= 15 is 0 Å². The van der Waals surface area contributed by atoms with Crippen molar-refractivity contribution >= 4 is 34.1 Å². The van der Waals surface area contributed by atoms with Crippen LogP contribution in [0, 0.1) is 18.3 Å². The molecule has 0 bridgehead atoms. The van der Waals surface area contributed by atoms with E-state index in [1.165, 1.54) is 22.6 Å². The van der Waals surface area contributed by atoms with Gasteiger partial charge in [0.25, 0.3) is 0 Å². The van der Waals surface area contributed by atoms with Crippen LogP contribution < -0.4 is 10.2 Å². The third-order valence-electron chi connectivity index (χ3n) is 9.49. The van der Waals surface area contributed by atoms with Crippen LogP contribution in [-0.4, -0.2) is 41.3 Å². The maximum atomic E-state index is 14.3. The molecular weight excluding hydrogens is 577 g/mol. The normalized spacial score (nSPS) is 17.6. The lowest BCUT2D eigenvalue weighted by Gasteiger charge is -2.38. The molecule has 1 aromatic heterocycles. The van der Waals surface area contributed by atoms with Gasteiger partial charge in [0.1, 0.15) is 5.54 Å². The minimum atomic E-state index is -4.47. The van der Waals surface area contributed by atoms with E-state index in [0.717, 1.165) is 34.4 Å². The summed E-state index contributed by atoms with van der Waals surface area (Å²) in [5.74, 6) is -0.455. The number of hydrogen-bond donors (Lipinski definition) is 2. The molecule has 5 rings (SSSR count). The molecule has 3 aromatic carbocycles. The van der Waals surface area contributed by atoms with E-state index in [1.807, 2.05) is 49.3 Å². The number of fused-ring (bicyclic) bond motifs is 1. The second-order valence-electron chi connectivity index (χ2n) is 13.4. The molecule has 238 valence electrons. The van der Waals surface area contributed by atoms with Crippen molar-refractivity contribution in [3.8, 4) is 0 Å². The monoisotopic (exact) mass is 618 g/mol. The summed E-state index contributed by atoms with van der Waals surface area (Å²) < 4.78 is 39.8. The molecule has 1 aliphatic carbocycles. The maximum absolute atomic E-state index is 14.3. The molecule has 1 fully saturated rings. The number of halogens is 3. The Balaban J connectivity index is 1.42. The second-order valence-corrected chi connectivity index (χ2v) is 13.4. The minimum absolute atomic E-state index is 0.0130. The molecular formula is C36H41F3N4O2. The van der Waals surface area contributed by atoms with Gasteiger partial charge in [0.15, 0.2) is 0 Å². The fourth-order valence-corrected chi connectivity index (χ4v) is 6.52. The van der Waals surface area contributed by atoms with Gasteiger partial charge in [-0.15, -0.1) is 0 Å². The fourth-order valence-electron chi connectivity index (χ4n) is 6.52. The van der Waals surface area contributed by atoms with Gasteiger partial charge in [0, 0.05) is 55.0 Å². The van der Waals surface area contributed by atoms with Crippen LogP contribution in [0.25, 0.3) is 10.9 Å². The Morgan fingerprint density at radius 1 is 0.933 bits per heavy atom. The first-order chi connectivity index (χ1) is 21.0. The van der Waals surface area contributed by atoms with Gasteiger partial charge in [-0.1, -0.05) is 44.2 Å². The summed E-state index contributed by atoms with van der Waals surface area (Å²) in [4.78, 5) is 35.0. The van der Waals surface area contributed by atoms with E-state index in [-0.39, 0.29) is 42.0 Å². The van der Waals surface area contributed by atoms with Crippen molar-refractivity contribution in [2.45, 2.75) is 65.2 Å². The number of H-pyrrole nitrogens is 1. The predicted molar refractivity (Wildman–Crippen MR) is 173 cm³/mol. The van der Waals surface area contributed by atoms with Crippen LogP contribution in [0.2, 0.25) is 0 Å². The fraction of sp³-hybridized carbons (Fsp3) is 0.389. The van der Waals surface area contributed by atoms with Gasteiger partial charge >= 0.3 is 6.18 Å². The molecule has 1 saturated carbocycles. The number of rotatable bonds is 9. The molecule has 0 spiro atoms. The third kappa shape index (κ3) is 6.30. The predicted octanol–water partition coefficient (Wildman–Crippen LogP) is 8.14. The lowest BCUT2D eigenvalue weighted by Crippen LogP contribution is -2.54. The van der Waals surface area contributed by atoms with Gasteiger partial charge in [-0.25, -0.2) is 0 Å². The summed E-state index contributed by atoms with van der Waals surface area (Å²) >= 11 is 0. The van der Waals surface area contributed by atoms with Gasteiger partial charge < -0.3 is 20.1 Å². The average molecular weight is 619 g/mol. The van der Waals surface area contributed by atoms with Crippen molar-refractivity contribution in [3.05, 3.63) is 95.2 Å². The van der Waals surface area contributed by atoms with Gasteiger partial charge in [0.05, 0.1) is 5.56 Å². The van der Waals surface area contributed by atoms with Crippen LogP contribution in [0.15, 0.2) is 72.8 Å². The molecule has 0 radical (unpaired) electrons. The number of carbonyl (C=O) groups is 2. The molecule has 0 aliphatic heterocycles. The first-order valence-electron chi connectivity index (χ1n) is 15.1. The molecule has 2 atom stereocenters. The summed E-state index contributed by atoms with van der Waals surface area (Å²) in [5, 5.41) is 4.08. The van der Waals surface area contributed by atoms with Crippen molar-refractivity contribution in [3.63, 3.8) is 0 Å². The average Bonchev–Trinajstić information content (AvgIpc) is 3.32. The van der Waals surface area contributed by atoms with Crippen molar-refractivity contribution in [1.29, 1.82) is 0 Å². The van der Waals surface area contributed by atoms with Crippen LogP contribution in [-0.2, 0) is 22.3 Å². The zero-order chi connectivity index (χ0) is 32.9. The van der Waals surface area contributed by atoms with Crippen LogP contribution in [0.1, 0.15) is 62.4 Å². The van der Waals surface area contributed by atoms with E-state index in [4.69, 9.17) is 0 Å². The lowest BCUT2D eigenvalue weighted by atomic mass is 9.97. The number of alkyl halides is 3. The Morgan fingerprint density at radius 3 is 2.16 bits per heavy atom. The number of aromatic amines is 1. The molecule has 0 saturated heterocycles. The van der Waals surface area contributed by atoms with Crippen molar-refractivity contribution in [2.75, 3.05) is 24.3 Å². The lowest BCUT2D eigenvalue weighted by molar-refractivity contribution is -0.145. The summed E-state index contributed by atoms with van der Waals surface area (Å²) in [6.07, 6.45) is -4.27. The molecule has 6 nitrogen and oxygen atoms in total. The minimum Gasteiger partial charge on any atom is -0.378 e. The van der Waals surface area contributed by atoms with Crippen molar-refractivity contribution in [1.82, 2.24) is 9.88 Å². The zero-order valence-electron chi connectivity index (χ0n) is 26.8. The number of aryl methyl sites for hydroxylation is 1. The molecule has 1 aliphatic rings. The maximum Gasteiger partial charge on any atom is 0.416 e. The van der Waals surface area contributed by atoms with Crippen LogP contribution in [0.5, 0.6) is 0 Å². The molecule has 2 amide bonds. The quantitative estimate of drug-likeness (QED) is 0.199. The largest absolute Gasteiger partial charge is 0.416 e. The summed E-state index contributed by atoms with van der Waals surface area (Å²) in [6, 6.07) is 20.3. The van der Waals surface area contributed by atoms with Crippen LogP contribution in [0.3, 0.4) is 0 Å². The number of nitrogens with one attached hydrogen (secondary N) is 2. The number of carbonyl (C=O) groups excluding carboxylic acids is 2. The second kappa shape index (κ2) is 11.6. The Morgan fingerprint density at radius 2 is 1.56 bits per heavy atom. The first-order valence-corrected chi connectivity index (χ1v) is 15.1. The van der Waals surface area contributed by atoms with E-state index < -0.39 is 17.3 Å². The van der Waals surface area contributed by atoms with Crippen molar-refractivity contribution < 1.29 is 22.8 Å². The number of aromatic nitrogens is 1. The van der Waals surface area contributed by atoms with Gasteiger partial charge in [-0.3, -0.25) is 9.59 Å². The highest BCUT2D eigenvalue weighted by Crippen LogP contribution is 2.67. The van der Waals surface area contributed by atoms with E-state index in [2.05, 4.69) is 37.1 Å². The number of benzene rings is 3.